The summed E-state index contributed by atoms with van der Waals surface area (Å²) in [6, 6.07) is 32.1. The predicted octanol–water partition coefficient (Wildman–Crippen LogP) is 6.75. The number of rotatable bonds is 8. The Morgan fingerprint density at radius 3 is 2.50 bits per heavy atom. The molecule has 5 rings (SSSR count). The summed E-state index contributed by atoms with van der Waals surface area (Å²) in [7, 11) is 0. The molecule has 178 valence electrons. The normalized spacial score (nSPS) is 11.1. The lowest BCUT2D eigenvalue weighted by Gasteiger charge is -2.23. The van der Waals surface area contributed by atoms with Crippen LogP contribution in [0.2, 0.25) is 0 Å². The predicted molar refractivity (Wildman–Crippen MR) is 150 cm³/mol. The first-order chi connectivity index (χ1) is 17.7. The minimum absolute atomic E-state index is 0.265. The fourth-order valence-corrected chi connectivity index (χ4v) is 4.79. The molecule has 2 aromatic heterocycles. The number of amides is 1. The van der Waals surface area contributed by atoms with Crippen molar-refractivity contribution in [1.82, 2.24) is 10.4 Å². The summed E-state index contributed by atoms with van der Waals surface area (Å²) >= 11 is 1.60. The second-order valence-electron chi connectivity index (χ2n) is 8.34. The van der Waals surface area contributed by atoms with Gasteiger partial charge in [-0.25, -0.2) is 10.4 Å². The van der Waals surface area contributed by atoms with Crippen molar-refractivity contribution in [2.24, 2.45) is 5.10 Å². The molecule has 0 atom stereocenters. The molecule has 0 radical (unpaired) electrons. The fourth-order valence-electron chi connectivity index (χ4n) is 4.10. The quantitative estimate of drug-likeness (QED) is 0.193. The van der Waals surface area contributed by atoms with Gasteiger partial charge in [0.05, 0.1) is 27.9 Å². The van der Waals surface area contributed by atoms with Crippen LogP contribution >= 0.6 is 11.3 Å². The third-order valence-electron chi connectivity index (χ3n) is 5.97. The minimum Gasteiger partial charge on any atom is -0.367 e. The first-order valence-electron chi connectivity index (χ1n) is 11.9. The molecule has 5 nitrogen and oxygen atoms in total. The molecule has 3 aromatic carbocycles. The number of hydrazone groups is 1. The number of hydrogen-bond acceptors (Lipinski definition) is 5. The van der Waals surface area contributed by atoms with E-state index < -0.39 is 0 Å². The molecular weight excluding hydrogens is 464 g/mol. The summed E-state index contributed by atoms with van der Waals surface area (Å²) in [5, 5.41) is 7.03. The summed E-state index contributed by atoms with van der Waals surface area (Å²) in [6.07, 6.45) is 1.67. The van der Waals surface area contributed by atoms with Crippen LogP contribution in [0.3, 0.4) is 0 Å². The van der Waals surface area contributed by atoms with Crippen LogP contribution in [-0.2, 0) is 6.54 Å². The van der Waals surface area contributed by atoms with E-state index in [1.54, 1.807) is 17.6 Å². The average Bonchev–Trinajstić information content (AvgIpc) is 3.47. The second kappa shape index (κ2) is 11.0. The van der Waals surface area contributed by atoms with Crippen molar-refractivity contribution in [2.75, 3.05) is 11.4 Å². The largest absolute Gasteiger partial charge is 0.367 e. The van der Waals surface area contributed by atoms with E-state index >= 15 is 0 Å². The fraction of sp³-hybridized carbons (Fsp3) is 0.100. The molecule has 1 amide bonds. The number of nitrogens with zero attached hydrogens (tertiary/aromatic N) is 3. The SMILES string of the molecule is CCN(Cc1ccccc1)c1ccc(/C=N/NC(=O)c2cc(-c3cccs3)nc3ccccc23)cc1. The van der Waals surface area contributed by atoms with Gasteiger partial charge in [0.1, 0.15) is 0 Å². The maximum Gasteiger partial charge on any atom is 0.272 e. The van der Waals surface area contributed by atoms with Gasteiger partial charge in [0, 0.05) is 24.2 Å². The van der Waals surface area contributed by atoms with E-state index in [1.807, 2.05) is 66.0 Å². The summed E-state index contributed by atoms with van der Waals surface area (Å²) in [5.41, 5.74) is 8.14. The van der Waals surface area contributed by atoms with Gasteiger partial charge in [-0.2, -0.15) is 5.10 Å². The van der Waals surface area contributed by atoms with E-state index in [4.69, 9.17) is 4.98 Å². The van der Waals surface area contributed by atoms with Gasteiger partial charge in [-0.1, -0.05) is 66.7 Å². The van der Waals surface area contributed by atoms with Crippen LogP contribution in [0.25, 0.3) is 21.5 Å². The van der Waals surface area contributed by atoms with E-state index in [1.165, 1.54) is 5.56 Å². The van der Waals surface area contributed by atoms with Gasteiger partial charge in [0.2, 0.25) is 0 Å². The van der Waals surface area contributed by atoms with Crippen LogP contribution in [0.15, 0.2) is 108 Å². The number of carbonyl (C=O) groups excluding carboxylic acids is 1. The zero-order valence-corrected chi connectivity index (χ0v) is 20.8. The first-order valence-corrected chi connectivity index (χ1v) is 12.8. The lowest BCUT2D eigenvalue weighted by Crippen LogP contribution is -2.21. The van der Waals surface area contributed by atoms with Crippen molar-refractivity contribution in [3.05, 3.63) is 119 Å². The molecule has 0 aliphatic carbocycles. The van der Waals surface area contributed by atoms with Crippen molar-refractivity contribution in [1.29, 1.82) is 0 Å². The average molecular weight is 491 g/mol. The van der Waals surface area contributed by atoms with Gasteiger partial charge in [-0.05, 0) is 53.8 Å². The minimum atomic E-state index is -0.265. The molecule has 5 aromatic rings. The number of anilines is 1. The Bertz CT molecular complexity index is 1480. The van der Waals surface area contributed by atoms with Crippen LogP contribution in [-0.4, -0.2) is 23.7 Å². The molecular formula is C30H26N4OS. The maximum absolute atomic E-state index is 13.1. The van der Waals surface area contributed by atoms with Crippen molar-refractivity contribution >= 4 is 40.0 Å². The number of pyridine rings is 1. The standard InChI is InChI=1S/C30H26N4OS/c1-2-34(21-23-9-4-3-5-10-23)24-16-14-22(15-17-24)20-31-33-30(35)26-19-28(29-13-8-18-36-29)32-27-12-7-6-11-25(26)27/h3-20H,2,21H2,1H3,(H,33,35)/b31-20+. The van der Waals surface area contributed by atoms with E-state index in [2.05, 4.69) is 58.7 Å². The van der Waals surface area contributed by atoms with Crippen molar-refractivity contribution in [3.8, 4) is 10.6 Å². The van der Waals surface area contributed by atoms with Gasteiger partial charge in [-0.3, -0.25) is 4.79 Å². The Kier molecular flexibility index (Phi) is 7.15. The van der Waals surface area contributed by atoms with E-state index in [-0.39, 0.29) is 5.91 Å². The third kappa shape index (κ3) is 5.34. The molecule has 0 bridgehead atoms. The van der Waals surface area contributed by atoms with Gasteiger partial charge >= 0.3 is 0 Å². The highest BCUT2D eigenvalue weighted by atomic mass is 32.1. The smallest absolute Gasteiger partial charge is 0.272 e. The zero-order valence-electron chi connectivity index (χ0n) is 20.0. The van der Waals surface area contributed by atoms with Crippen LogP contribution < -0.4 is 10.3 Å². The summed E-state index contributed by atoms with van der Waals surface area (Å²) in [5.74, 6) is -0.265. The van der Waals surface area contributed by atoms with E-state index in [0.29, 0.717) is 5.56 Å². The lowest BCUT2D eigenvalue weighted by molar-refractivity contribution is 0.0956. The molecule has 0 saturated heterocycles. The molecule has 0 saturated carbocycles. The van der Waals surface area contributed by atoms with E-state index in [0.717, 1.165) is 45.8 Å². The topological polar surface area (TPSA) is 57.6 Å². The molecule has 0 aliphatic rings. The third-order valence-corrected chi connectivity index (χ3v) is 6.86. The highest BCUT2D eigenvalue weighted by Gasteiger charge is 2.14. The molecule has 0 spiro atoms. The van der Waals surface area contributed by atoms with Gasteiger partial charge in [-0.15, -0.1) is 11.3 Å². The molecule has 0 unspecified atom stereocenters. The maximum atomic E-state index is 13.1. The number of carbonyl (C=O) groups is 1. The zero-order chi connectivity index (χ0) is 24.7. The van der Waals surface area contributed by atoms with Gasteiger partial charge in [0.15, 0.2) is 0 Å². The highest BCUT2D eigenvalue weighted by molar-refractivity contribution is 7.13. The Balaban J connectivity index is 1.30. The number of para-hydroxylation sites is 1. The Labute approximate surface area is 214 Å². The summed E-state index contributed by atoms with van der Waals surface area (Å²) in [6.45, 7) is 3.92. The van der Waals surface area contributed by atoms with Crippen molar-refractivity contribution in [3.63, 3.8) is 0 Å². The second-order valence-corrected chi connectivity index (χ2v) is 9.29. The van der Waals surface area contributed by atoms with Crippen LogP contribution in [0.1, 0.15) is 28.4 Å². The molecule has 36 heavy (non-hydrogen) atoms. The summed E-state index contributed by atoms with van der Waals surface area (Å²) in [4.78, 5) is 21.1. The van der Waals surface area contributed by atoms with Crippen LogP contribution in [0, 0.1) is 0 Å². The molecule has 0 fully saturated rings. The molecule has 0 aliphatic heterocycles. The Hall–Kier alpha value is -4.29. The van der Waals surface area contributed by atoms with Crippen LogP contribution in [0.5, 0.6) is 0 Å². The Morgan fingerprint density at radius 2 is 1.75 bits per heavy atom. The number of thiophene rings is 1. The summed E-state index contributed by atoms with van der Waals surface area (Å²) < 4.78 is 0. The molecule has 2 heterocycles. The number of hydrogen-bond donors (Lipinski definition) is 1. The molecule has 1 N–H and O–H groups in total. The Morgan fingerprint density at radius 1 is 0.972 bits per heavy atom. The van der Waals surface area contributed by atoms with Gasteiger partial charge < -0.3 is 4.90 Å². The number of benzene rings is 3. The number of aromatic nitrogens is 1. The van der Waals surface area contributed by atoms with Gasteiger partial charge in [0.25, 0.3) is 5.91 Å². The van der Waals surface area contributed by atoms with E-state index in [9.17, 15) is 4.79 Å². The molecule has 6 heteroatoms. The highest BCUT2D eigenvalue weighted by Crippen LogP contribution is 2.28. The number of nitrogens with one attached hydrogen (secondary N) is 1. The van der Waals surface area contributed by atoms with Crippen molar-refractivity contribution in [2.45, 2.75) is 13.5 Å². The van der Waals surface area contributed by atoms with Crippen LogP contribution in [0.4, 0.5) is 5.69 Å². The lowest BCUT2D eigenvalue weighted by atomic mass is 10.1. The first kappa shape index (κ1) is 23.5. The monoisotopic (exact) mass is 490 g/mol. The number of fused-ring (bicyclic) bond motifs is 1. The van der Waals surface area contributed by atoms with Crippen molar-refractivity contribution < 1.29 is 4.79 Å².